The van der Waals surface area contributed by atoms with Gasteiger partial charge in [0.25, 0.3) is 0 Å². The maximum Gasteiger partial charge on any atom is 0.111 e. The van der Waals surface area contributed by atoms with Gasteiger partial charge < -0.3 is 30.3 Å². The van der Waals surface area contributed by atoms with Crippen LogP contribution in [0.5, 0.6) is 0 Å². The van der Waals surface area contributed by atoms with Crippen LogP contribution in [0.25, 0.3) is 0 Å². The molecule has 15 heavy (non-hydrogen) atoms. The number of hydrogen-bond donors (Lipinski definition) is 5. The van der Waals surface area contributed by atoms with E-state index < -0.39 is 31.0 Å². The van der Waals surface area contributed by atoms with Crippen LogP contribution in [0, 0.1) is 0 Å². The summed E-state index contributed by atoms with van der Waals surface area (Å²) in [5, 5.41) is 45.4. The number of hydrogen-bond acceptors (Lipinski definition) is 6. The van der Waals surface area contributed by atoms with Crippen molar-refractivity contribution in [3.05, 3.63) is 0 Å². The van der Waals surface area contributed by atoms with E-state index in [9.17, 15) is 15.3 Å². The lowest BCUT2D eigenvalue weighted by atomic mass is 10.0. The van der Waals surface area contributed by atoms with Crippen LogP contribution in [0.3, 0.4) is 0 Å². The standard InChI is InChI=1S/C9H20O6/c1-2-3-15-5-7(12)9(14)8(13)6(11)4-10/h6-14H,2-5H2,1H3/t6-,7+,8-,9-/m1/s1. The van der Waals surface area contributed by atoms with Crippen molar-refractivity contribution in [2.45, 2.75) is 37.8 Å². The lowest BCUT2D eigenvalue weighted by molar-refractivity contribution is -0.129. The Kier molecular flexibility index (Phi) is 7.85. The quantitative estimate of drug-likeness (QED) is 0.301. The van der Waals surface area contributed by atoms with E-state index in [2.05, 4.69) is 0 Å². The van der Waals surface area contributed by atoms with Crippen LogP contribution in [-0.4, -0.2) is 69.8 Å². The van der Waals surface area contributed by atoms with E-state index in [4.69, 9.17) is 14.9 Å². The molecular weight excluding hydrogens is 204 g/mol. The van der Waals surface area contributed by atoms with Gasteiger partial charge in [-0.25, -0.2) is 0 Å². The summed E-state index contributed by atoms with van der Waals surface area (Å²) in [7, 11) is 0. The number of aliphatic hydroxyl groups is 5. The molecule has 0 unspecified atom stereocenters. The van der Waals surface area contributed by atoms with Crippen LogP contribution >= 0.6 is 0 Å². The summed E-state index contributed by atoms with van der Waals surface area (Å²) >= 11 is 0. The van der Waals surface area contributed by atoms with Crippen LogP contribution in [0.4, 0.5) is 0 Å². The molecule has 0 aromatic carbocycles. The largest absolute Gasteiger partial charge is 0.394 e. The summed E-state index contributed by atoms with van der Waals surface area (Å²) in [6.45, 7) is 1.54. The molecule has 0 heterocycles. The monoisotopic (exact) mass is 224 g/mol. The molecule has 0 saturated carbocycles. The molecule has 0 rings (SSSR count). The predicted octanol–water partition coefficient (Wildman–Crippen LogP) is -2.15. The van der Waals surface area contributed by atoms with E-state index in [-0.39, 0.29) is 6.61 Å². The highest BCUT2D eigenvalue weighted by Crippen LogP contribution is 2.05. The third kappa shape index (κ3) is 5.41. The zero-order valence-corrected chi connectivity index (χ0v) is 8.78. The number of ether oxygens (including phenoxy) is 1. The van der Waals surface area contributed by atoms with Crippen molar-refractivity contribution in [3.8, 4) is 0 Å². The summed E-state index contributed by atoms with van der Waals surface area (Å²) in [5.74, 6) is 0. The summed E-state index contributed by atoms with van der Waals surface area (Å²) < 4.78 is 4.96. The second-order valence-electron chi connectivity index (χ2n) is 3.37. The van der Waals surface area contributed by atoms with E-state index in [1.54, 1.807) is 0 Å². The lowest BCUT2D eigenvalue weighted by Crippen LogP contribution is -2.47. The van der Waals surface area contributed by atoms with E-state index in [1.807, 2.05) is 6.92 Å². The Bertz CT molecular complexity index is 154. The molecule has 0 aliphatic rings. The van der Waals surface area contributed by atoms with Gasteiger partial charge in [-0.15, -0.1) is 0 Å². The first-order valence-corrected chi connectivity index (χ1v) is 4.95. The minimum atomic E-state index is -1.59. The highest BCUT2D eigenvalue weighted by Gasteiger charge is 2.29. The first kappa shape index (κ1) is 14.8. The van der Waals surface area contributed by atoms with Crippen molar-refractivity contribution in [2.24, 2.45) is 0 Å². The molecule has 0 aromatic rings. The summed E-state index contributed by atoms with van der Waals surface area (Å²) in [6, 6.07) is 0. The maximum absolute atomic E-state index is 9.34. The molecule has 0 radical (unpaired) electrons. The van der Waals surface area contributed by atoms with E-state index in [1.165, 1.54) is 0 Å². The first-order chi connectivity index (χ1) is 7.04. The molecule has 0 aliphatic heterocycles. The highest BCUT2D eigenvalue weighted by atomic mass is 16.5. The Balaban J connectivity index is 3.90. The van der Waals surface area contributed by atoms with Crippen molar-refractivity contribution in [1.29, 1.82) is 0 Å². The highest BCUT2D eigenvalue weighted by molar-refractivity contribution is 4.80. The van der Waals surface area contributed by atoms with E-state index >= 15 is 0 Å². The van der Waals surface area contributed by atoms with Crippen molar-refractivity contribution < 1.29 is 30.3 Å². The van der Waals surface area contributed by atoms with Crippen molar-refractivity contribution in [2.75, 3.05) is 19.8 Å². The molecule has 0 saturated heterocycles. The van der Waals surface area contributed by atoms with E-state index in [0.717, 1.165) is 6.42 Å². The van der Waals surface area contributed by atoms with Crippen molar-refractivity contribution >= 4 is 0 Å². The van der Waals surface area contributed by atoms with Gasteiger partial charge in [-0.05, 0) is 6.42 Å². The molecular formula is C9H20O6. The molecule has 0 aromatic heterocycles. The van der Waals surface area contributed by atoms with Gasteiger partial charge in [0, 0.05) is 6.61 Å². The van der Waals surface area contributed by atoms with Gasteiger partial charge >= 0.3 is 0 Å². The molecule has 0 spiro atoms. The number of rotatable bonds is 8. The summed E-state index contributed by atoms with van der Waals surface area (Å²) in [5.41, 5.74) is 0. The first-order valence-electron chi connectivity index (χ1n) is 4.95. The minimum absolute atomic E-state index is 0.121. The topological polar surface area (TPSA) is 110 Å². The Morgan fingerprint density at radius 1 is 1.00 bits per heavy atom. The zero-order chi connectivity index (χ0) is 11.8. The van der Waals surface area contributed by atoms with Gasteiger partial charge in [0.15, 0.2) is 0 Å². The van der Waals surface area contributed by atoms with Gasteiger partial charge in [-0.3, -0.25) is 0 Å². The van der Waals surface area contributed by atoms with Crippen LogP contribution in [0.15, 0.2) is 0 Å². The molecule has 0 fully saturated rings. The Morgan fingerprint density at radius 3 is 2.00 bits per heavy atom. The van der Waals surface area contributed by atoms with Crippen LogP contribution in [0.1, 0.15) is 13.3 Å². The average Bonchev–Trinajstić information content (AvgIpc) is 2.26. The Labute approximate surface area is 88.7 Å². The molecule has 6 nitrogen and oxygen atoms in total. The Hall–Kier alpha value is -0.240. The van der Waals surface area contributed by atoms with Crippen molar-refractivity contribution in [1.82, 2.24) is 0 Å². The lowest BCUT2D eigenvalue weighted by Gasteiger charge is -2.25. The molecule has 0 amide bonds. The maximum atomic E-state index is 9.34. The van der Waals surface area contributed by atoms with Gasteiger partial charge in [0.05, 0.1) is 13.2 Å². The molecule has 0 aliphatic carbocycles. The third-order valence-electron chi connectivity index (χ3n) is 1.96. The van der Waals surface area contributed by atoms with Crippen LogP contribution in [-0.2, 0) is 4.74 Å². The van der Waals surface area contributed by atoms with Crippen molar-refractivity contribution in [3.63, 3.8) is 0 Å². The number of aliphatic hydroxyl groups excluding tert-OH is 5. The van der Waals surface area contributed by atoms with Crippen LogP contribution in [0.2, 0.25) is 0 Å². The fourth-order valence-electron chi connectivity index (χ4n) is 1.01. The zero-order valence-electron chi connectivity index (χ0n) is 8.78. The molecule has 6 heteroatoms. The predicted molar refractivity (Wildman–Crippen MR) is 52.2 cm³/mol. The fourth-order valence-corrected chi connectivity index (χ4v) is 1.01. The fraction of sp³-hybridized carbons (Fsp3) is 1.00. The summed E-state index contributed by atoms with van der Waals surface area (Å²) in [4.78, 5) is 0. The third-order valence-corrected chi connectivity index (χ3v) is 1.96. The molecule has 92 valence electrons. The Morgan fingerprint density at radius 2 is 1.53 bits per heavy atom. The van der Waals surface area contributed by atoms with Gasteiger partial charge in [-0.2, -0.15) is 0 Å². The normalized spacial score (nSPS) is 19.6. The molecule has 4 atom stereocenters. The summed E-state index contributed by atoms with van der Waals surface area (Å²) in [6.07, 6.45) is -5.10. The van der Waals surface area contributed by atoms with E-state index in [0.29, 0.717) is 6.61 Å². The minimum Gasteiger partial charge on any atom is -0.394 e. The SMILES string of the molecule is CCCOC[C@H](O)[C@@H](O)[C@H](O)[C@H](O)CO. The van der Waals surface area contributed by atoms with Gasteiger partial charge in [0.1, 0.15) is 24.4 Å². The van der Waals surface area contributed by atoms with Crippen LogP contribution < -0.4 is 0 Å². The van der Waals surface area contributed by atoms with Gasteiger partial charge in [-0.1, -0.05) is 6.92 Å². The smallest absolute Gasteiger partial charge is 0.111 e. The van der Waals surface area contributed by atoms with Gasteiger partial charge in [0.2, 0.25) is 0 Å². The average molecular weight is 224 g/mol. The molecule has 0 bridgehead atoms. The second-order valence-corrected chi connectivity index (χ2v) is 3.37. The second kappa shape index (κ2) is 7.98. The molecule has 5 N–H and O–H groups in total.